The Morgan fingerprint density at radius 1 is 1.15 bits per heavy atom. The third kappa shape index (κ3) is 4.40. The summed E-state index contributed by atoms with van der Waals surface area (Å²) in [7, 11) is 0. The molecule has 0 radical (unpaired) electrons. The van der Waals surface area contributed by atoms with Gasteiger partial charge in [-0.1, -0.05) is 13.0 Å². The molecule has 1 aromatic carbocycles. The first-order valence-corrected chi connectivity index (χ1v) is 6.51. The molecule has 0 aliphatic rings. The summed E-state index contributed by atoms with van der Waals surface area (Å²) in [6, 6.07) is 4.43. The lowest BCUT2D eigenvalue weighted by atomic mass is 9.99. The number of aliphatic hydroxyl groups is 2. The molecule has 1 aromatic rings. The van der Waals surface area contributed by atoms with Crippen molar-refractivity contribution in [2.24, 2.45) is 5.92 Å². The number of aromatic hydroxyl groups is 2. The molecule has 0 aliphatic heterocycles. The van der Waals surface area contributed by atoms with Crippen molar-refractivity contribution in [1.82, 2.24) is 4.90 Å². The van der Waals surface area contributed by atoms with Gasteiger partial charge in [-0.3, -0.25) is 4.79 Å². The van der Waals surface area contributed by atoms with Crippen LogP contribution >= 0.6 is 0 Å². The van der Waals surface area contributed by atoms with Crippen LogP contribution in [0.2, 0.25) is 0 Å². The number of carbonyl (C=O) groups excluding carboxylic acids is 1. The van der Waals surface area contributed by atoms with Crippen LogP contribution in [0.3, 0.4) is 0 Å². The van der Waals surface area contributed by atoms with Crippen LogP contribution in [0.4, 0.5) is 0 Å². The molecule has 0 heterocycles. The number of rotatable bonds is 7. The Hall–Kier alpha value is -1.79. The van der Waals surface area contributed by atoms with Crippen molar-refractivity contribution >= 4 is 5.91 Å². The van der Waals surface area contributed by atoms with E-state index in [9.17, 15) is 15.0 Å². The van der Waals surface area contributed by atoms with Gasteiger partial charge in [0.05, 0.1) is 13.2 Å². The smallest absolute Gasteiger partial charge is 0.225 e. The zero-order valence-corrected chi connectivity index (χ0v) is 11.5. The summed E-state index contributed by atoms with van der Waals surface area (Å²) in [5.74, 6) is -0.933. The zero-order chi connectivity index (χ0) is 15.1. The molecule has 1 unspecified atom stereocenters. The highest BCUT2D eigenvalue weighted by Crippen LogP contribution is 2.26. The van der Waals surface area contributed by atoms with Gasteiger partial charge in [0.2, 0.25) is 5.91 Å². The number of amides is 1. The molecule has 20 heavy (non-hydrogen) atoms. The first-order valence-electron chi connectivity index (χ1n) is 6.51. The van der Waals surface area contributed by atoms with Gasteiger partial charge in [-0.15, -0.1) is 0 Å². The molecule has 0 saturated carbocycles. The second-order valence-electron chi connectivity index (χ2n) is 4.70. The predicted molar refractivity (Wildman–Crippen MR) is 73.4 cm³/mol. The first kappa shape index (κ1) is 16.3. The average Bonchev–Trinajstić information content (AvgIpc) is 2.42. The fraction of sp³-hybridized carbons (Fsp3) is 0.500. The SMILES string of the molecule is CC(Cc1ccc(O)c(O)c1)C(=O)N(CCO)CCO. The molecule has 0 fully saturated rings. The second-order valence-corrected chi connectivity index (χ2v) is 4.70. The summed E-state index contributed by atoms with van der Waals surface area (Å²) in [4.78, 5) is 13.6. The Labute approximate surface area is 117 Å². The Bertz CT molecular complexity index is 443. The summed E-state index contributed by atoms with van der Waals surface area (Å²) in [5.41, 5.74) is 0.731. The number of hydrogen-bond acceptors (Lipinski definition) is 5. The highest BCUT2D eigenvalue weighted by molar-refractivity contribution is 5.78. The van der Waals surface area contributed by atoms with Gasteiger partial charge in [0.25, 0.3) is 0 Å². The molecule has 1 amide bonds. The predicted octanol–water partition coefficient (Wildman–Crippen LogP) is 0.0896. The first-order chi connectivity index (χ1) is 9.49. The molecule has 112 valence electrons. The molecule has 6 nitrogen and oxygen atoms in total. The van der Waals surface area contributed by atoms with E-state index in [1.54, 1.807) is 13.0 Å². The molecule has 4 N–H and O–H groups in total. The van der Waals surface area contributed by atoms with E-state index in [0.29, 0.717) is 6.42 Å². The topological polar surface area (TPSA) is 101 Å². The van der Waals surface area contributed by atoms with Crippen LogP contribution < -0.4 is 0 Å². The van der Waals surface area contributed by atoms with Gasteiger partial charge in [-0.05, 0) is 24.1 Å². The summed E-state index contributed by atoms with van der Waals surface area (Å²) in [6.45, 7) is 1.81. The van der Waals surface area contributed by atoms with Crippen LogP contribution in [-0.4, -0.2) is 57.5 Å². The van der Waals surface area contributed by atoms with Crippen LogP contribution in [-0.2, 0) is 11.2 Å². The standard InChI is InChI=1S/C14H21NO5/c1-10(14(20)15(4-6-16)5-7-17)8-11-2-3-12(18)13(19)9-11/h2-3,9-10,16-19H,4-8H2,1H3. The van der Waals surface area contributed by atoms with E-state index in [1.807, 2.05) is 0 Å². The molecule has 0 aromatic heterocycles. The monoisotopic (exact) mass is 283 g/mol. The third-order valence-electron chi connectivity index (χ3n) is 3.05. The number of phenolic OH excluding ortho intramolecular Hbond substituents is 2. The lowest BCUT2D eigenvalue weighted by Crippen LogP contribution is -2.39. The summed E-state index contributed by atoms with van der Waals surface area (Å²) >= 11 is 0. The van der Waals surface area contributed by atoms with Crippen molar-refractivity contribution in [2.45, 2.75) is 13.3 Å². The highest BCUT2D eigenvalue weighted by Gasteiger charge is 2.20. The largest absolute Gasteiger partial charge is 0.504 e. The van der Waals surface area contributed by atoms with Crippen molar-refractivity contribution in [3.05, 3.63) is 23.8 Å². The molecule has 0 saturated heterocycles. The van der Waals surface area contributed by atoms with Crippen molar-refractivity contribution in [2.75, 3.05) is 26.3 Å². The Morgan fingerprint density at radius 2 is 1.75 bits per heavy atom. The van der Waals surface area contributed by atoms with Gasteiger partial charge >= 0.3 is 0 Å². The lowest BCUT2D eigenvalue weighted by molar-refractivity contribution is -0.136. The molecule has 1 atom stereocenters. The zero-order valence-electron chi connectivity index (χ0n) is 11.5. The Kier molecular flexibility index (Phi) is 6.27. The second kappa shape index (κ2) is 7.72. The fourth-order valence-electron chi connectivity index (χ4n) is 2.02. The molecule has 6 heteroatoms. The maximum Gasteiger partial charge on any atom is 0.225 e. The molecule has 0 aliphatic carbocycles. The maximum atomic E-state index is 12.2. The van der Waals surface area contributed by atoms with Gasteiger partial charge in [-0.2, -0.15) is 0 Å². The van der Waals surface area contributed by atoms with E-state index in [-0.39, 0.29) is 49.6 Å². The summed E-state index contributed by atoms with van der Waals surface area (Å²) < 4.78 is 0. The quantitative estimate of drug-likeness (QED) is 0.531. The van der Waals surface area contributed by atoms with Crippen LogP contribution in [0.25, 0.3) is 0 Å². The molecule has 1 rings (SSSR count). The van der Waals surface area contributed by atoms with Gasteiger partial charge in [0.15, 0.2) is 11.5 Å². The van der Waals surface area contributed by atoms with Crippen molar-refractivity contribution in [3.63, 3.8) is 0 Å². The minimum Gasteiger partial charge on any atom is -0.504 e. The van der Waals surface area contributed by atoms with Crippen LogP contribution in [0.1, 0.15) is 12.5 Å². The summed E-state index contributed by atoms with van der Waals surface area (Å²) in [6.07, 6.45) is 0.403. The number of carbonyl (C=O) groups is 1. The molecule has 0 bridgehead atoms. The number of benzene rings is 1. The van der Waals surface area contributed by atoms with Crippen molar-refractivity contribution in [1.29, 1.82) is 0 Å². The molecule has 0 spiro atoms. The van der Waals surface area contributed by atoms with E-state index >= 15 is 0 Å². The molecular formula is C14H21NO5. The minimum atomic E-state index is -0.350. The van der Waals surface area contributed by atoms with Gasteiger partial charge < -0.3 is 25.3 Å². The van der Waals surface area contributed by atoms with Crippen LogP contribution in [0, 0.1) is 5.92 Å². The van der Waals surface area contributed by atoms with Crippen LogP contribution in [0.15, 0.2) is 18.2 Å². The number of aliphatic hydroxyl groups excluding tert-OH is 2. The highest BCUT2D eigenvalue weighted by atomic mass is 16.3. The van der Waals surface area contributed by atoms with E-state index < -0.39 is 0 Å². The summed E-state index contributed by atoms with van der Waals surface area (Å²) in [5, 5.41) is 36.5. The van der Waals surface area contributed by atoms with E-state index in [0.717, 1.165) is 5.56 Å². The normalized spacial score (nSPS) is 12.2. The Morgan fingerprint density at radius 3 is 2.25 bits per heavy atom. The Balaban J connectivity index is 2.70. The van der Waals surface area contributed by atoms with Gasteiger partial charge in [0, 0.05) is 19.0 Å². The van der Waals surface area contributed by atoms with Gasteiger partial charge in [0.1, 0.15) is 0 Å². The average molecular weight is 283 g/mol. The van der Waals surface area contributed by atoms with E-state index in [2.05, 4.69) is 0 Å². The van der Waals surface area contributed by atoms with Crippen LogP contribution in [0.5, 0.6) is 11.5 Å². The molecular weight excluding hydrogens is 262 g/mol. The minimum absolute atomic E-state index is 0.154. The van der Waals surface area contributed by atoms with E-state index in [4.69, 9.17) is 10.2 Å². The number of nitrogens with zero attached hydrogens (tertiary/aromatic N) is 1. The number of hydrogen-bond donors (Lipinski definition) is 4. The fourth-order valence-corrected chi connectivity index (χ4v) is 2.02. The van der Waals surface area contributed by atoms with Crippen molar-refractivity contribution in [3.8, 4) is 11.5 Å². The lowest BCUT2D eigenvalue weighted by Gasteiger charge is -2.24. The maximum absolute atomic E-state index is 12.2. The van der Waals surface area contributed by atoms with Crippen molar-refractivity contribution < 1.29 is 25.2 Å². The van der Waals surface area contributed by atoms with Gasteiger partial charge in [-0.25, -0.2) is 0 Å². The number of phenols is 2. The third-order valence-corrected chi connectivity index (χ3v) is 3.05. The van der Waals surface area contributed by atoms with E-state index in [1.165, 1.54) is 17.0 Å².